The second-order valence-corrected chi connectivity index (χ2v) is 5.34. The van der Waals surface area contributed by atoms with Crippen molar-refractivity contribution < 1.29 is 53.1 Å². The molecule has 1 fully saturated rings. The molecule has 11 nitrogen and oxygen atoms in total. The minimum absolute atomic E-state index is 0.0326. The first-order chi connectivity index (χ1) is 12.3. The number of carbonyl (C=O) groups excluding carboxylic acids is 3. The Morgan fingerprint density at radius 3 is 1.63 bits per heavy atom. The first kappa shape index (κ1) is 26.5. The van der Waals surface area contributed by atoms with Crippen molar-refractivity contribution >= 4 is 29.8 Å². The molecule has 156 valence electrons. The maximum Gasteiger partial charge on any atom is 0.304 e. The molecule has 11 heteroatoms. The van der Waals surface area contributed by atoms with Crippen LogP contribution < -0.4 is 0 Å². The van der Waals surface area contributed by atoms with Crippen molar-refractivity contribution in [2.45, 2.75) is 66.0 Å². The summed E-state index contributed by atoms with van der Waals surface area (Å²) in [7, 11) is 0. The van der Waals surface area contributed by atoms with Gasteiger partial charge in [-0.2, -0.15) is 0 Å². The summed E-state index contributed by atoms with van der Waals surface area (Å²) in [5, 5.41) is 14.8. The van der Waals surface area contributed by atoms with Gasteiger partial charge in [-0.25, -0.2) is 0 Å². The highest BCUT2D eigenvalue weighted by Crippen LogP contribution is 2.23. The summed E-state index contributed by atoms with van der Waals surface area (Å²) in [6.45, 7) is 6.05. The molecule has 0 spiro atoms. The van der Waals surface area contributed by atoms with E-state index in [1.165, 1.54) is 20.8 Å². The number of rotatable bonds is 4. The topological polar surface area (TPSA) is 163 Å². The molecule has 3 atom stereocenters. The van der Waals surface area contributed by atoms with E-state index in [0.29, 0.717) is 6.42 Å². The van der Waals surface area contributed by atoms with Crippen LogP contribution in [-0.4, -0.2) is 65.2 Å². The summed E-state index contributed by atoms with van der Waals surface area (Å²) in [6, 6.07) is 0. The largest absolute Gasteiger partial charge is 0.481 e. The lowest BCUT2D eigenvalue weighted by molar-refractivity contribution is -0.226. The number of carboxylic acid groups (broad SMARTS) is 2. The molecular formula is C16H26O11. The third-order valence-electron chi connectivity index (χ3n) is 2.43. The summed E-state index contributed by atoms with van der Waals surface area (Å²) >= 11 is 0. The van der Waals surface area contributed by atoms with Crippen LogP contribution in [0.1, 0.15) is 47.5 Å². The van der Waals surface area contributed by atoms with Gasteiger partial charge in [0.25, 0.3) is 11.9 Å². The van der Waals surface area contributed by atoms with E-state index >= 15 is 0 Å². The fourth-order valence-electron chi connectivity index (χ4n) is 1.84. The van der Waals surface area contributed by atoms with Crippen molar-refractivity contribution in [3.8, 4) is 0 Å². The fourth-order valence-corrected chi connectivity index (χ4v) is 1.84. The van der Waals surface area contributed by atoms with E-state index in [1.54, 1.807) is 0 Å². The van der Waals surface area contributed by atoms with Crippen LogP contribution in [0.4, 0.5) is 0 Å². The smallest absolute Gasteiger partial charge is 0.304 e. The van der Waals surface area contributed by atoms with Crippen LogP contribution in [0.25, 0.3) is 0 Å². The van der Waals surface area contributed by atoms with E-state index in [0.717, 1.165) is 13.8 Å². The molecule has 2 N–H and O–H groups in total. The SMILES string of the molecule is CC(=O)O.CC(=O)O.CC(=O)OC[C@@H]1C[C@H](OC(C)=O)C[C@H](OC(C)=O)O1. The molecule has 1 rings (SSSR count). The number of aliphatic carboxylic acids is 2. The van der Waals surface area contributed by atoms with Crippen molar-refractivity contribution in [3.05, 3.63) is 0 Å². The Labute approximate surface area is 156 Å². The van der Waals surface area contributed by atoms with Crippen LogP contribution in [0.2, 0.25) is 0 Å². The van der Waals surface area contributed by atoms with E-state index in [2.05, 4.69) is 0 Å². The molecule has 0 aromatic rings. The molecule has 1 aliphatic heterocycles. The van der Waals surface area contributed by atoms with Gasteiger partial charge in [-0.05, 0) is 0 Å². The normalized spacial score (nSPS) is 20.4. The molecular weight excluding hydrogens is 368 g/mol. The number of carboxylic acids is 2. The van der Waals surface area contributed by atoms with E-state index in [4.69, 9.17) is 38.7 Å². The Bertz CT molecular complexity index is 470. The highest BCUT2D eigenvalue weighted by Gasteiger charge is 2.33. The zero-order valence-corrected chi connectivity index (χ0v) is 15.9. The fraction of sp³-hybridized carbons (Fsp3) is 0.688. The molecule has 0 unspecified atom stereocenters. The summed E-state index contributed by atoms with van der Waals surface area (Å²) in [4.78, 5) is 50.6. The highest BCUT2D eigenvalue weighted by molar-refractivity contribution is 5.67. The van der Waals surface area contributed by atoms with Gasteiger partial charge in [0.05, 0.1) is 6.10 Å². The molecule has 0 aromatic heterocycles. The van der Waals surface area contributed by atoms with Gasteiger partial charge in [-0.15, -0.1) is 0 Å². The highest BCUT2D eigenvalue weighted by atomic mass is 16.7. The van der Waals surface area contributed by atoms with Gasteiger partial charge in [-0.3, -0.25) is 24.0 Å². The number of esters is 3. The van der Waals surface area contributed by atoms with Crippen LogP contribution in [0.5, 0.6) is 0 Å². The van der Waals surface area contributed by atoms with Gasteiger partial charge >= 0.3 is 17.9 Å². The van der Waals surface area contributed by atoms with Gasteiger partial charge in [0, 0.05) is 47.5 Å². The number of carbonyl (C=O) groups is 5. The second kappa shape index (κ2) is 14.5. The Hall–Kier alpha value is -2.69. The average Bonchev–Trinajstić information content (AvgIpc) is 2.42. The second-order valence-electron chi connectivity index (χ2n) is 5.34. The van der Waals surface area contributed by atoms with Crippen LogP contribution in [0, 0.1) is 0 Å². The summed E-state index contributed by atoms with van der Waals surface area (Å²) in [5.41, 5.74) is 0. The third-order valence-corrected chi connectivity index (χ3v) is 2.43. The molecule has 0 aromatic carbocycles. The standard InChI is InChI=1S/C12H18O7.2C2H4O2/c1-7(13)16-6-11-4-10(17-8(2)14)5-12(19-11)18-9(3)15;2*1-2(3)4/h10-12H,4-6H2,1-3H3;2*1H3,(H,3,4)/t10-,11-,12+;;/m0../s1. The van der Waals surface area contributed by atoms with E-state index in [-0.39, 0.29) is 13.0 Å². The Morgan fingerprint density at radius 2 is 1.26 bits per heavy atom. The molecule has 0 bridgehead atoms. The van der Waals surface area contributed by atoms with Crippen molar-refractivity contribution in [2.24, 2.45) is 0 Å². The molecule has 1 saturated heterocycles. The van der Waals surface area contributed by atoms with Gasteiger partial charge in [0.15, 0.2) is 0 Å². The maximum atomic E-state index is 11.0. The molecule has 0 saturated carbocycles. The van der Waals surface area contributed by atoms with Crippen molar-refractivity contribution in [1.82, 2.24) is 0 Å². The summed E-state index contributed by atoms with van der Waals surface area (Å²) in [5.74, 6) is -3.00. The van der Waals surface area contributed by atoms with Crippen molar-refractivity contribution in [2.75, 3.05) is 6.61 Å². The van der Waals surface area contributed by atoms with Crippen LogP contribution >= 0.6 is 0 Å². The van der Waals surface area contributed by atoms with Crippen LogP contribution in [0.3, 0.4) is 0 Å². The quantitative estimate of drug-likeness (QED) is 0.510. The predicted octanol–water partition coefficient (Wildman–Crippen LogP) is 0.731. The van der Waals surface area contributed by atoms with Gasteiger partial charge in [0.2, 0.25) is 6.29 Å². The van der Waals surface area contributed by atoms with Gasteiger partial charge in [0.1, 0.15) is 12.7 Å². The maximum absolute atomic E-state index is 11.0. The minimum atomic E-state index is -0.833. The molecule has 1 aliphatic rings. The van der Waals surface area contributed by atoms with Crippen molar-refractivity contribution in [1.29, 1.82) is 0 Å². The lowest BCUT2D eigenvalue weighted by Crippen LogP contribution is -2.41. The van der Waals surface area contributed by atoms with E-state index in [9.17, 15) is 14.4 Å². The molecule has 0 radical (unpaired) electrons. The zero-order valence-electron chi connectivity index (χ0n) is 15.9. The lowest BCUT2D eigenvalue weighted by atomic mass is 10.1. The van der Waals surface area contributed by atoms with Crippen molar-refractivity contribution in [3.63, 3.8) is 0 Å². The Balaban J connectivity index is 0. The summed E-state index contributed by atoms with van der Waals surface area (Å²) < 4.78 is 20.3. The minimum Gasteiger partial charge on any atom is -0.481 e. The van der Waals surface area contributed by atoms with Crippen LogP contribution in [0.15, 0.2) is 0 Å². The number of hydrogen-bond donors (Lipinski definition) is 2. The first-order valence-corrected chi connectivity index (χ1v) is 7.85. The Morgan fingerprint density at radius 1 is 0.815 bits per heavy atom. The first-order valence-electron chi connectivity index (χ1n) is 7.85. The number of ether oxygens (including phenoxy) is 4. The van der Waals surface area contributed by atoms with Crippen LogP contribution in [-0.2, 0) is 42.9 Å². The molecule has 0 amide bonds. The third kappa shape index (κ3) is 21.3. The summed E-state index contributed by atoms with van der Waals surface area (Å²) in [6.07, 6.45) is -1.01. The molecule has 27 heavy (non-hydrogen) atoms. The predicted molar refractivity (Wildman–Crippen MR) is 88.5 cm³/mol. The lowest BCUT2D eigenvalue weighted by Gasteiger charge is -2.33. The molecule has 1 heterocycles. The zero-order chi connectivity index (χ0) is 21.6. The average molecular weight is 394 g/mol. The van der Waals surface area contributed by atoms with E-state index in [1.807, 2.05) is 0 Å². The monoisotopic (exact) mass is 394 g/mol. The van der Waals surface area contributed by atoms with E-state index < -0.39 is 48.3 Å². The van der Waals surface area contributed by atoms with Gasteiger partial charge < -0.3 is 29.2 Å². The van der Waals surface area contributed by atoms with Gasteiger partial charge in [-0.1, -0.05) is 0 Å². The number of hydrogen-bond acceptors (Lipinski definition) is 9. The Kier molecular flexibility index (Phi) is 14.2. The molecule has 0 aliphatic carbocycles.